The van der Waals surface area contributed by atoms with Gasteiger partial charge in [-0.05, 0) is 47.0 Å². The summed E-state index contributed by atoms with van der Waals surface area (Å²) in [5.74, 6) is 0. The molecule has 4 heteroatoms. The zero-order chi connectivity index (χ0) is 13.1. The number of benzene rings is 1. The molecule has 0 bridgehead atoms. The van der Waals surface area contributed by atoms with E-state index >= 15 is 0 Å². The topological polar surface area (TPSA) is 12.0 Å². The smallest absolute Gasteiger partial charge is 0.107 e. The fourth-order valence-corrected chi connectivity index (χ4v) is 3.66. The molecule has 1 aromatic carbocycles. The molecule has 0 aliphatic carbocycles. The number of nitrogens with one attached hydrogen (secondary N) is 1. The first-order chi connectivity index (χ1) is 8.58. The maximum Gasteiger partial charge on any atom is 0.107 e. The van der Waals surface area contributed by atoms with Gasteiger partial charge in [0.05, 0.1) is 0 Å². The van der Waals surface area contributed by atoms with Gasteiger partial charge in [-0.15, -0.1) is 11.3 Å². The van der Waals surface area contributed by atoms with Crippen molar-refractivity contribution in [2.75, 3.05) is 0 Å². The molecule has 0 spiro atoms. The van der Waals surface area contributed by atoms with Gasteiger partial charge in [-0.25, -0.2) is 0 Å². The molecule has 1 N–H and O–H groups in total. The second kappa shape index (κ2) is 6.20. The molecule has 0 fully saturated rings. The average Bonchev–Trinajstić information content (AvgIpc) is 2.66. The van der Waals surface area contributed by atoms with Gasteiger partial charge in [0.2, 0.25) is 0 Å². The molecule has 1 heterocycles. The van der Waals surface area contributed by atoms with Crippen LogP contribution in [-0.2, 0) is 6.54 Å². The van der Waals surface area contributed by atoms with Crippen LogP contribution in [0.4, 0.5) is 0 Å². The maximum atomic E-state index is 6.03. The Kier molecular flexibility index (Phi) is 4.84. The van der Waals surface area contributed by atoms with Crippen LogP contribution in [0.25, 0.3) is 0 Å². The van der Waals surface area contributed by atoms with E-state index in [4.69, 9.17) is 11.6 Å². The third kappa shape index (κ3) is 3.35. The fraction of sp³-hybridized carbons (Fsp3) is 0.286. The van der Waals surface area contributed by atoms with Crippen LogP contribution in [0.1, 0.15) is 29.0 Å². The van der Waals surface area contributed by atoms with E-state index in [1.165, 1.54) is 16.0 Å². The lowest BCUT2D eigenvalue weighted by atomic mass is 10.0. The van der Waals surface area contributed by atoms with Gasteiger partial charge in [0.25, 0.3) is 0 Å². The molecule has 0 saturated carbocycles. The number of rotatable bonds is 4. The van der Waals surface area contributed by atoms with E-state index in [1.807, 2.05) is 0 Å². The van der Waals surface area contributed by atoms with Crippen molar-refractivity contribution in [3.05, 3.63) is 55.1 Å². The third-order valence-corrected chi connectivity index (χ3v) is 5.41. The Morgan fingerprint density at radius 2 is 2.11 bits per heavy atom. The van der Waals surface area contributed by atoms with Gasteiger partial charge in [0.15, 0.2) is 0 Å². The minimum atomic E-state index is 0.339. The minimum Gasteiger partial charge on any atom is -0.305 e. The maximum absolute atomic E-state index is 6.03. The largest absolute Gasteiger partial charge is 0.305 e. The summed E-state index contributed by atoms with van der Waals surface area (Å²) in [7, 11) is 0. The van der Waals surface area contributed by atoms with Gasteiger partial charge in [-0.1, -0.05) is 35.9 Å². The van der Waals surface area contributed by atoms with Gasteiger partial charge < -0.3 is 5.32 Å². The summed E-state index contributed by atoms with van der Waals surface area (Å²) in [5.41, 5.74) is 2.67. The van der Waals surface area contributed by atoms with Crippen molar-refractivity contribution < 1.29 is 0 Å². The summed E-state index contributed by atoms with van der Waals surface area (Å²) < 4.78 is 1.80. The first kappa shape index (κ1) is 14.1. The second-order valence-corrected chi connectivity index (χ2v) is 6.89. The summed E-state index contributed by atoms with van der Waals surface area (Å²) in [6.45, 7) is 5.17. The molecular weight excluding hydrogens is 330 g/mol. The molecule has 1 atom stereocenters. The lowest BCUT2D eigenvalue weighted by molar-refractivity contribution is 0.576. The van der Waals surface area contributed by atoms with Crippen LogP contribution >= 0.6 is 38.9 Å². The normalized spacial score (nSPS) is 12.7. The van der Waals surface area contributed by atoms with Crippen LogP contribution in [0.5, 0.6) is 0 Å². The Morgan fingerprint density at radius 1 is 1.39 bits per heavy atom. The van der Waals surface area contributed by atoms with Gasteiger partial charge in [-0.2, -0.15) is 0 Å². The van der Waals surface area contributed by atoms with Crippen LogP contribution in [0.15, 0.2) is 34.8 Å². The van der Waals surface area contributed by atoms with Crippen molar-refractivity contribution in [2.45, 2.75) is 26.4 Å². The minimum absolute atomic E-state index is 0.339. The molecule has 18 heavy (non-hydrogen) atoms. The SMILES string of the molecule is Cc1ccccc1[C@@H](C)NCc1cc(Br)c(Cl)s1. The molecule has 0 unspecified atom stereocenters. The quantitative estimate of drug-likeness (QED) is 0.791. The molecule has 0 amide bonds. The number of thiophene rings is 1. The predicted octanol–water partition coefficient (Wildman–Crippen LogP) is 5.32. The van der Waals surface area contributed by atoms with Crippen molar-refractivity contribution in [3.63, 3.8) is 0 Å². The summed E-state index contributed by atoms with van der Waals surface area (Å²) in [4.78, 5) is 1.24. The predicted molar refractivity (Wildman–Crippen MR) is 83.5 cm³/mol. The van der Waals surface area contributed by atoms with E-state index in [2.05, 4.69) is 65.4 Å². The molecule has 1 nitrogen and oxygen atoms in total. The van der Waals surface area contributed by atoms with Crippen molar-refractivity contribution in [1.82, 2.24) is 5.32 Å². The summed E-state index contributed by atoms with van der Waals surface area (Å²) >= 11 is 11.1. The molecule has 0 radical (unpaired) electrons. The van der Waals surface area contributed by atoms with Gasteiger partial charge in [0, 0.05) is 21.9 Å². The molecule has 2 aromatic rings. The van der Waals surface area contributed by atoms with E-state index in [0.29, 0.717) is 6.04 Å². The van der Waals surface area contributed by atoms with Crippen molar-refractivity contribution in [1.29, 1.82) is 0 Å². The average molecular weight is 345 g/mol. The van der Waals surface area contributed by atoms with Gasteiger partial charge >= 0.3 is 0 Å². The first-order valence-electron chi connectivity index (χ1n) is 5.80. The van der Waals surface area contributed by atoms with Crippen LogP contribution in [0, 0.1) is 6.92 Å². The molecule has 2 rings (SSSR count). The van der Waals surface area contributed by atoms with Gasteiger partial charge in [-0.3, -0.25) is 0 Å². The lowest BCUT2D eigenvalue weighted by Crippen LogP contribution is -2.18. The van der Waals surface area contributed by atoms with Crippen LogP contribution in [-0.4, -0.2) is 0 Å². The highest BCUT2D eigenvalue weighted by atomic mass is 79.9. The second-order valence-electron chi connectivity index (χ2n) is 4.29. The Bertz CT molecular complexity index is 519. The zero-order valence-corrected chi connectivity index (χ0v) is 13.5. The Labute approximate surface area is 125 Å². The first-order valence-corrected chi connectivity index (χ1v) is 7.79. The van der Waals surface area contributed by atoms with E-state index in [9.17, 15) is 0 Å². The number of hydrogen-bond donors (Lipinski definition) is 1. The Hall–Kier alpha value is -0.350. The molecule has 0 saturated heterocycles. The van der Waals surface area contributed by atoms with Crippen LogP contribution in [0.2, 0.25) is 4.34 Å². The molecular formula is C14H15BrClNS. The van der Waals surface area contributed by atoms with Gasteiger partial charge in [0.1, 0.15) is 4.34 Å². The molecule has 0 aliphatic rings. The van der Waals surface area contributed by atoms with E-state index in [-0.39, 0.29) is 0 Å². The fourth-order valence-electron chi connectivity index (χ4n) is 1.91. The van der Waals surface area contributed by atoms with Crippen LogP contribution in [0.3, 0.4) is 0 Å². The lowest BCUT2D eigenvalue weighted by Gasteiger charge is -2.15. The summed E-state index contributed by atoms with van der Waals surface area (Å²) in [5, 5.41) is 3.53. The van der Waals surface area contributed by atoms with Crippen LogP contribution < -0.4 is 5.32 Å². The third-order valence-electron chi connectivity index (χ3n) is 2.93. The molecule has 1 aromatic heterocycles. The van der Waals surface area contributed by atoms with E-state index in [0.717, 1.165) is 15.4 Å². The Balaban J connectivity index is 2.00. The highest BCUT2D eigenvalue weighted by Gasteiger charge is 2.09. The standard InChI is InChI=1S/C14H15BrClNS/c1-9-5-3-4-6-12(9)10(2)17-8-11-7-13(15)14(16)18-11/h3-7,10,17H,8H2,1-2H3/t10-/m1/s1. The van der Waals surface area contributed by atoms with Crippen molar-refractivity contribution in [2.24, 2.45) is 0 Å². The summed E-state index contributed by atoms with van der Waals surface area (Å²) in [6.07, 6.45) is 0. The highest BCUT2D eigenvalue weighted by molar-refractivity contribution is 9.10. The zero-order valence-electron chi connectivity index (χ0n) is 10.3. The Morgan fingerprint density at radius 3 is 2.72 bits per heavy atom. The molecule has 0 aliphatic heterocycles. The number of hydrogen-bond acceptors (Lipinski definition) is 2. The van der Waals surface area contributed by atoms with E-state index in [1.54, 1.807) is 11.3 Å². The number of halogens is 2. The van der Waals surface area contributed by atoms with Crippen molar-refractivity contribution in [3.8, 4) is 0 Å². The van der Waals surface area contributed by atoms with E-state index < -0.39 is 0 Å². The highest BCUT2D eigenvalue weighted by Crippen LogP contribution is 2.32. The monoisotopic (exact) mass is 343 g/mol. The number of aryl methyl sites for hydroxylation is 1. The van der Waals surface area contributed by atoms with Crippen molar-refractivity contribution >= 4 is 38.9 Å². The summed E-state index contributed by atoms with van der Waals surface area (Å²) in [6, 6.07) is 10.9. The molecule has 96 valence electrons.